The predicted molar refractivity (Wildman–Crippen MR) is 88.5 cm³/mol. The van der Waals surface area contributed by atoms with Crippen LogP contribution >= 0.6 is 12.6 Å². The fraction of sp³-hybridized carbons (Fsp3) is 0.692. The number of carbonyl (C=O) groups is 4. The summed E-state index contributed by atoms with van der Waals surface area (Å²) in [5, 5.41) is 22.3. The number of hydrogen-bond donors (Lipinski definition) is 7. The van der Waals surface area contributed by atoms with Gasteiger partial charge in [-0.2, -0.15) is 12.6 Å². The SMILES string of the molecule is NCCCCC(NC(=O)C(CS)NC(=O)C(N)CC(=O)O)C(=O)O. The van der Waals surface area contributed by atoms with Crippen LogP contribution in [0.5, 0.6) is 0 Å². The van der Waals surface area contributed by atoms with Crippen LogP contribution in [0.1, 0.15) is 25.7 Å². The van der Waals surface area contributed by atoms with Gasteiger partial charge in [0.2, 0.25) is 11.8 Å². The first-order valence-corrected chi connectivity index (χ1v) is 7.98. The zero-order valence-electron chi connectivity index (χ0n) is 13.1. The summed E-state index contributed by atoms with van der Waals surface area (Å²) in [6.07, 6.45) is 0.749. The third kappa shape index (κ3) is 8.70. The van der Waals surface area contributed by atoms with Gasteiger partial charge in [0.05, 0.1) is 12.5 Å². The first-order valence-electron chi connectivity index (χ1n) is 7.34. The fourth-order valence-corrected chi connectivity index (χ4v) is 2.03. The van der Waals surface area contributed by atoms with Gasteiger partial charge in [-0.25, -0.2) is 4.79 Å². The van der Waals surface area contributed by atoms with E-state index < -0.39 is 48.3 Å². The quantitative estimate of drug-likeness (QED) is 0.152. The predicted octanol–water partition coefficient (Wildman–Crippen LogP) is -2.10. The highest BCUT2D eigenvalue weighted by Crippen LogP contribution is 2.02. The van der Waals surface area contributed by atoms with E-state index in [0.29, 0.717) is 19.4 Å². The van der Waals surface area contributed by atoms with Crippen LogP contribution in [0, 0.1) is 0 Å². The maximum atomic E-state index is 12.1. The number of carboxylic acid groups (broad SMARTS) is 2. The van der Waals surface area contributed by atoms with Crippen LogP contribution in [0.2, 0.25) is 0 Å². The lowest BCUT2D eigenvalue weighted by atomic mass is 10.1. The molecule has 11 heteroatoms. The Labute approximate surface area is 144 Å². The Balaban J connectivity index is 4.67. The number of amides is 2. The molecule has 2 amide bonds. The molecule has 0 aliphatic rings. The molecular weight excluding hydrogens is 340 g/mol. The van der Waals surface area contributed by atoms with E-state index in [0.717, 1.165) is 0 Å². The highest BCUT2D eigenvalue weighted by molar-refractivity contribution is 7.80. The second kappa shape index (κ2) is 11.6. The lowest BCUT2D eigenvalue weighted by molar-refractivity contribution is -0.142. The van der Waals surface area contributed by atoms with Crippen LogP contribution < -0.4 is 22.1 Å². The van der Waals surface area contributed by atoms with Gasteiger partial charge in [0.15, 0.2) is 0 Å². The second-order valence-corrected chi connectivity index (χ2v) is 5.50. The second-order valence-electron chi connectivity index (χ2n) is 5.13. The van der Waals surface area contributed by atoms with E-state index >= 15 is 0 Å². The van der Waals surface area contributed by atoms with Gasteiger partial charge in [-0.1, -0.05) is 0 Å². The monoisotopic (exact) mass is 364 g/mol. The number of aliphatic carboxylic acids is 2. The molecule has 0 rings (SSSR count). The van der Waals surface area contributed by atoms with Crippen molar-refractivity contribution >= 4 is 36.4 Å². The first kappa shape index (κ1) is 22.1. The fourth-order valence-electron chi connectivity index (χ4n) is 1.78. The molecular formula is C13H24N4O6S. The van der Waals surface area contributed by atoms with Gasteiger partial charge in [0.1, 0.15) is 12.1 Å². The van der Waals surface area contributed by atoms with Crippen molar-refractivity contribution in [2.75, 3.05) is 12.3 Å². The van der Waals surface area contributed by atoms with Crippen LogP contribution in [0.4, 0.5) is 0 Å². The number of nitrogens with one attached hydrogen (secondary N) is 2. The van der Waals surface area contributed by atoms with E-state index in [1.165, 1.54) is 0 Å². The number of rotatable bonds is 12. The van der Waals surface area contributed by atoms with E-state index in [-0.39, 0.29) is 12.2 Å². The average Bonchev–Trinajstić information content (AvgIpc) is 2.50. The molecule has 0 aliphatic heterocycles. The Bertz CT molecular complexity index is 462. The van der Waals surface area contributed by atoms with Crippen LogP contribution in [0.15, 0.2) is 0 Å². The zero-order valence-corrected chi connectivity index (χ0v) is 14.0. The minimum absolute atomic E-state index is 0.105. The van der Waals surface area contributed by atoms with Gasteiger partial charge in [-0.3, -0.25) is 14.4 Å². The normalized spacial score (nSPS) is 14.3. The average molecular weight is 364 g/mol. The Morgan fingerprint density at radius 3 is 2.04 bits per heavy atom. The molecule has 0 fully saturated rings. The van der Waals surface area contributed by atoms with Crippen LogP contribution in [0.3, 0.4) is 0 Å². The molecule has 3 unspecified atom stereocenters. The van der Waals surface area contributed by atoms with E-state index in [9.17, 15) is 19.2 Å². The highest BCUT2D eigenvalue weighted by Gasteiger charge is 2.27. The maximum Gasteiger partial charge on any atom is 0.326 e. The summed E-state index contributed by atoms with van der Waals surface area (Å²) < 4.78 is 0. The molecule has 8 N–H and O–H groups in total. The van der Waals surface area contributed by atoms with E-state index in [4.69, 9.17) is 21.7 Å². The molecule has 0 spiro atoms. The van der Waals surface area contributed by atoms with Crippen LogP contribution in [-0.2, 0) is 19.2 Å². The Hall–Kier alpha value is -1.85. The van der Waals surface area contributed by atoms with Gasteiger partial charge < -0.3 is 32.3 Å². The largest absolute Gasteiger partial charge is 0.481 e. The van der Waals surface area contributed by atoms with E-state index in [1.807, 2.05) is 0 Å². The highest BCUT2D eigenvalue weighted by atomic mass is 32.1. The molecule has 0 aliphatic carbocycles. The van der Waals surface area contributed by atoms with Crippen molar-refractivity contribution < 1.29 is 29.4 Å². The Morgan fingerprint density at radius 1 is 1.00 bits per heavy atom. The third-order valence-electron chi connectivity index (χ3n) is 3.11. The Kier molecular flexibility index (Phi) is 10.8. The number of unbranched alkanes of at least 4 members (excludes halogenated alkanes) is 1. The maximum absolute atomic E-state index is 12.1. The standard InChI is InChI=1S/C13H24N4O6S/c14-4-2-1-3-8(13(22)23)16-12(21)9(6-24)17-11(20)7(15)5-10(18)19/h7-9,24H,1-6,14-15H2,(H,16,21)(H,17,20)(H,18,19)(H,22,23). The number of carbonyl (C=O) groups excluding carboxylic acids is 2. The van der Waals surface area contributed by atoms with Crippen molar-refractivity contribution in [2.45, 2.75) is 43.8 Å². The van der Waals surface area contributed by atoms with Crippen molar-refractivity contribution in [1.29, 1.82) is 0 Å². The molecule has 0 bridgehead atoms. The van der Waals surface area contributed by atoms with Gasteiger partial charge in [0.25, 0.3) is 0 Å². The third-order valence-corrected chi connectivity index (χ3v) is 3.47. The molecule has 0 radical (unpaired) electrons. The number of thiol groups is 1. The first-order chi connectivity index (χ1) is 11.2. The molecule has 0 aromatic carbocycles. The van der Waals surface area contributed by atoms with Crippen LogP contribution in [0.25, 0.3) is 0 Å². The van der Waals surface area contributed by atoms with Crippen LogP contribution in [-0.4, -0.2) is 64.4 Å². The Morgan fingerprint density at radius 2 is 1.58 bits per heavy atom. The zero-order chi connectivity index (χ0) is 18.7. The molecule has 138 valence electrons. The van der Waals surface area contributed by atoms with Crippen molar-refractivity contribution in [2.24, 2.45) is 11.5 Å². The molecule has 0 saturated heterocycles. The molecule has 0 aromatic rings. The molecule has 0 aromatic heterocycles. The summed E-state index contributed by atoms with van der Waals surface area (Å²) in [7, 11) is 0. The summed E-state index contributed by atoms with van der Waals surface area (Å²) in [5.74, 6) is -4.13. The summed E-state index contributed by atoms with van der Waals surface area (Å²) in [6, 6.07) is -3.56. The van der Waals surface area contributed by atoms with Crippen molar-refractivity contribution in [3.63, 3.8) is 0 Å². The van der Waals surface area contributed by atoms with Crippen molar-refractivity contribution in [3.8, 4) is 0 Å². The molecule has 24 heavy (non-hydrogen) atoms. The van der Waals surface area contributed by atoms with Gasteiger partial charge in [-0.15, -0.1) is 0 Å². The summed E-state index contributed by atoms with van der Waals surface area (Å²) in [5.41, 5.74) is 10.7. The molecule has 0 heterocycles. The van der Waals surface area contributed by atoms with Gasteiger partial charge >= 0.3 is 11.9 Å². The number of carboxylic acids is 2. The van der Waals surface area contributed by atoms with Crippen molar-refractivity contribution in [1.82, 2.24) is 10.6 Å². The summed E-state index contributed by atoms with van der Waals surface area (Å²) >= 11 is 3.93. The lowest BCUT2D eigenvalue weighted by Gasteiger charge is -2.21. The molecule has 10 nitrogen and oxygen atoms in total. The van der Waals surface area contributed by atoms with Gasteiger partial charge in [0, 0.05) is 5.75 Å². The van der Waals surface area contributed by atoms with E-state index in [2.05, 4.69) is 23.3 Å². The summed E-state index contributed by atoms with van der Waals surface area (Å²) in [4.78, 5) is 45.5. The minimum Gasteiger partial charge on any atom is -0.481 e. The molecule has 3 atom stereocenters. The minimum atomic E-state index is -1.32. The van der Waals surface area contributed by atoms with Crippen molar-refractivity contribution in [3.05, 3.63) is 0 Å². The van der Waals surface area contributed by atoms with Gasteiger partial charge in [-0.05, 0) is 25.8 Å². The lowest BCUT2D eigenvalue weighted by Crippen LogP contribution is -2.55. The number of hydrogen-bond acceptors (Lipinski definition) is 7. The smallest absolute Gasteiger partial charge is 0.326 e. The number of nitrogens with two attached hydrogens (primary N) is 2. The topological polar surface area (TPSA) is 185 Å². The molecule has 0 saturated carbocycles. The summed E-state index contributed by atoms with van der Waals surface area (Å²) in [6.45, 7) is 0.414. The van der Waals surface area contributed by atoms with E-state index in [1.54, 1.807) is 0 Å².